The van der Waals surface area contributed by atoms with E-state index >= 15 is 0 Å². The summed E-state index contributed by atoms with van der Waals surface area (Å²) in [5, 5.41) is 10.4. The molecule has 3 nitrogen and oxygen atoms in total. The molecule has 0 amide bonds. The van der Waals surface area contributed by atoms with E-state index < -0.39 is 5.41 Å². The van der Waals surface area contributed by atoms with Gasteiger partial charge in [0.15, 0.2) is 5.82 Å². The molecule has 0 unspecified atom stereocenters. The van der Waals surface area contributed by atoms with Gasteiger partial charge in [-0.15, -0.1) is 0 Å². The maximum atomic E-state index is 10.4. The van der Waals surface area contributed by atoms with Crippen LogP contribution in [-0.4, -0.2) is 9.97 Å². The van der Waals surface area contributed by atoms with E-state index in [2.05, 4.69) is 109 Å². The predicted molar refractivity (Wildman–Crippen MR) is 180 cm³/mol. The Morgan fingerprint density at radius 3 is 1.44 bits per heavy atom. The van der Waals surface area contributed by atoms with Crippen molar-refractivity contribution >= 4 is 0 Å². The molecule has 0 atom stereocenters. The highest BCUT2D eigenvalue weighted by molar-refractivity contribution is 5.88. The molecule has 1 aliphatic carbocycles. The molecule has 0 saturated heterocycles. The Morgan fingerprint density at radius 2 is 0.911 bits per heavy atom. The molecule has 1 aromatic heterocycles. The minimum Gasteiger partial charge on any atom is -0.227 e. The van der Waals surface area contributed by atoms with E-state index in [1.54, 1.807) is 0 Å². The smallest absolute Gasteiger partial charge is 0.160 e. The highest BCUT2D eigenvalue weighted by Crippen LogP contribution is 2.56. The molecule has 0 radical (unpaired) electrons. The van der Waals surface area contributed by atoms with Crippen molar-refractivity contribution in [1.29, 1.82) is 5.26 Å². The van der Waals surface area contributed by atoms with Crippen molar-refractivity contribution in [2.75, 3.05) is 0 Å². The summed E-state index contributed by atoms with van der Waals surface area (Å²) in [5.74, 6) is 0.584. The minimum absolute atomic E-state index is 0.465. The highest BCUT2D eigenvalue weighted by Gasteiger charge is 2.46. The molecule has 6 aromatic carbocycles. The van der Waals surface area contributed by atoms with Gasteiger partial charge in [0.1, 0.15) is 11.6 Å². The molecule has 3 heteroatoms. The van der Waals surface area contributed by atoms with Gasteiger partial charge >= 0.3 is 0 Å². The first-order chi connectivity index (χ1) is 22.3. The van der Waals surface area contributed by atoms with Gasteiger partial charge in [-0.1, -0.05) is 158 Å². The second kappa shape index (κ2) is 10.9. The van der Waals surface area contributed by atoms with E-state index in [9.17, 15) is 5.26 Å². The first kappa shape index (κ1) is 26.5. The SMILES string of the molecule is N#Cc1c(-c2ccccc2)nc(-c2ccc3c(c2)C(c2ccccc2)(c2ccccc2)c2ccccc2-3)nc1-c1ccccc1. The Bertz CT molecular complexity index is 2100. The highest BCUT2D eigenvalue weighted by atomic mass is 14.9. The fourth-order valence-corrected chi connectivity index (χ4v) is 6.89. The molecule has 0 aliphatic heterocycles. The molecule has 0 fully saturated rings. The molecule has 8 rings (SSSR count). The summed E-state index contributed by atoms with van der Waals surface area (Å²) in [6.45, 7) is 0. The zero-order valence-electron chi connectivity index (χ0n) is 24.4. The van der Waals surface area contributed by atoms with Gasteiger partial charge in [-0.25, -0.2) is 9.97 Å². The molecule has 210 valence electrons. The normalized spacial score (nSPS) is 12.6. The van der Waals surface area contributed by atoms with Gasteiger partial charge in [-0.05, 0) is 39.4 Å². The molecule has 0 spiro atoms. The van der Waals surface area contributed by atoms with Crippen LogP contribution in [0.3, 0.4) is 0 Å². The third-order valence-electron chi connectivity index (χ3n) is 8.83. The zero-order valence-corrected chi connectivity index (χ0v) is 24.4. The Labute approximate surface area is 262 Å². The lowest BCUT2D eigenvalue weighted by molar-refractivity contribution is 0.768. The summed E-state index contributed by atoms with van der Waals surface area (Å²) >= 11 is 0. The minimum atomic E-state index is -0.526. The van der Waals surface area contributed by atoms with Crippen molar-refractivity contribution in [2.24, 2.45) is 0 Å². The van der Waals surface area contributed by atoms with Gasteiger partial charge in [0.25, 0.3) is 0 Å². The Kier molecular flexibility index (Phi) is 6.40. The molecule has 1 aliphatic rings. The summed E-state index contributed by atoms with van der Waals surface area (Å²) in [6, 6.07) is 59.1. The van der Waals surface area contributed by atoms with Gasteiger partial charge in [-0.2, -0.15) is 5.26 Å². The Hall–Kier alpha value is -6.11. The molecule has 0 saturated carbocycles. The van der Waals surface area contributed by atoms with E-state index in [1.807, 2.05) is 60.7 Å². The van der Waals surface area contributed by atoms with Crippen molar-refractivity contribution in [3.63, 3.8) is 0 Å². The molecular weight excluding hydrogens is 546 g/mol. The fourth-order valence-electron chi connectivity index (χ4n) is 6.89. The topological polar surface area (TPSA) is 49.6 Å². The second-order valence-corrected chi connectivity index (χ2v) is 11.3. The first-order valence-electron chi connectivity index (χ1n) is 15.1. The van der Waals surface area contributed by atoms with E-state index in [4.69, 9.17) is 9.97 Å². The number of fused-ring (bicyclic) bond motifs is 3. The number of benzene rings is 6. The van der Waals surface area contributed by atoms with Crippen LogP contribution in [0.25, 0.3) is 45.0 Å². The first-order valence-corrected chi connectivity index (χ1v) is 15.1. The molecule has 0 N–H and O–H groups in total. The van der Waals surface area contributed by atoms with Crippen LogP contribution in [0.5, 0.6) is 0 Å². The quantitative estimate of drug-likeness (QED) is 0.206. The Balaban J connectivity index is 1.43. The van der Waals surface area contributed by atoms with Gasteiger partial charge in [0.05, 0.1) is 16.8 Å². The number of nitriles is 1. The van der Waals surface area contributed by atoms with Crippen LogP contribution in [-0.2, 0) is 5.41 Å². The number of aromatic nitrogens is 2. The van der Waals surface area contributed by atoms with Crippen molar-refractivity contribution in [2.45, 2.75) is 5.41 Å². The lowest BCUT2D eigenvalue weighted by atomic mass is 9.67. The Morgan fingerprint density at radius 1 is 0.444 bits per heavy atom. The zero-order chi connectivity index (χ0) is 30.2. The number of rotatable bonds is 5. The third-order valence-corrected chi connectivity index (χ3v) is 8.83. The van der Waals surface area contributed by atoms with Gasteiger partial charge < -0.3 is 0 Å². The lowest BCUT2D eigenvalue weighted by Crippen LogP contribution is -2.28. The molecule has 0 bridgehead atoms. The average molecular weight is 574 g/mol. The van der Waals surface area contributed by atoms with Crippen molar-refractivity contribution in [1.82, 2.24) is 9.97 Å². The number of hydrogen-bond donors (Lipinski definition) is 0. The monoisotopic (exact) mass is 573 g/mol. The maximum absolute atomic E-state index is 10.4. The van der Waals surface area contributed by atoms with Crippen LogP contribution in [0.15, 0.2) is 164 Å². The van der Waals surface area contributed by atoms with Crippen LogP contribution in [0, 0.1) is 11.3 Å². The van der Waals surface area contributed by atoms with Crippen molar-refractivity contribution in [3.05, 3.63) is 192 Å². The van der Waals surface area contributed by atoms with Gasteiger partial charge in [-0.3, -0.25) is 0 Å². The van der Waals surface area contributed by atoms with Crippen molar-refractivity contribution < 1.29 is 0 Å². The average Bonchev–Trinajstić information content (AvgIpc) is 3.43. The molecule has 1 heterocycles. The number of nitrogens with zero attached hydrogens (tertiary/aromatic N) is 3. The van der Waals surface area contributed by atoms with E-state index in [0.717, 1.165) is 16.7 Å². The third kappa shape index (κ3) is 4.19. The van der Waals surface area contributed by atoms with Crippen LogP contribution >= 0.6 is 0 Å². The van der Waals surface area contributed by atoms with Crippen LogP contribution in [0.2, 0.25) is 0 Å². The summed E-state index contributed by atoms with van der Waals surface area (Å²) in [5.41, 5.74) is 11.1. The van der Waals surface area contributed by atoms with E-state index in [0.29, 0.717) is 22.8 Å². The van der Waals surface area contributed by atoms with Gasteiger partial charge in [0, 0.05) is 16.7 Å². The molecule has 7 aromatic rings. The molecular formula is C42H27N3. The lowest BCUT2D eigenvalue weighted by Gasteiger charge is -2.34. The fraction of sp³-hybridized carbons (Fsp3) is 0.0238. The molecule has 45 heavy (non-hydrogen) atoms. The van der Waals surface area contributed by atoms with E-state index in [1.165, 1.54) is 33.4 Å². The standard InChI is InChI=1S/C42H27N3/c43-28-36-39(29-15-5-1-6-16-29)44-41(45-40(36)30-17-7-2-8-18-30)31-25-26-35-34-23-13-14-24-37(34)42(38(35)27-31,32-19-9-3-10-20-32)33-21-11-4-12-22-33/h1-27H. The van der Waals surface area contributed by atoms with Crippen molar-refractivity contribution in [3.8, 4) is 51.1 Å². The largest absolute Gasteiger partial charge is 0.227 e. The maximum Gasteiger partial charge on any atom is 0.160 e. The summed E-state index contributed by atoms with van der Waals surface area (Å²) in [4.78, 5) is 10.2. The van der Waals surface area contributed by atoms with Crippen LogP contribution in [0.4, 0.5) is 0 Å². The summed E-state index contributed by atoms with van der Waals surface area (Å²) in [7, 11) is 0. The number of hydrogen-bond acceptors (Lipinski definition) is 3. The van der Waals surface area contributed by atoms with E-state index in [-0.39, 0.29) is 0 Å². The predicted octanol–water partition coefficient (Wildman–Crippen LogP) is 9.71. The summed E-state index contributed by atoms with van der Waals surface area (Å²) < 4.78 is 0. The van der Waals surface area contributed by atoms with Crippen LogP contribution in [0.1, 0.15) is 27.8 Å². The summed E-state index contributed by atoms with van der Waals surface area (Å²) in [6.07, 6.45) is 0. The van der Waals surface area contributed by atoms with Crippen LogP contribution < -0.4 is 0 Å². The van der Waals surface area contributed by atoms with Gasteiger partial charge in [0.2, 0.25) is 0 Å². The second-order valence-electron chi connectivity index (χ2n) is 11.3.